The summed E-state index contributed by atoms with van der Waals surface area (Å²) in [5.74, 6) is 5.86. The SMILES string of the molecule is C/C=C1/CCC2C3CCC4CC(COCc5ccccc5)CCC4C3CCC12C. The molecule has 0 spiro atoms. The Hall–Kier alpha value is -1.08. The highest BCUT2D eigenvalue weighted by Crippen LogP contribution is 2.64. The molecule has 7 atom stereocenters. The second-order valence-electron chi connectivity index (χ2n) is 10.9. The fourth-order valence-electron chi connectivity index (χ4n) is 8.34. The average Bonchev–Trinajstić information content (AvgIpc) is 3.10. The summed E-state index contributed by atoms with van der Waals surface area (Å²) in [5.41, 5.74) is 3.65. The average molecular weight is 393 g/mol. The van der Waals surface area contributed by atoms with E-state index in [1.54, 1.807) is 5.57 Å². The molecule has 4 aliphatic carbocycles. The molecule has 0 heterocycles. The van der Waals surface area contributed by atoms with Gasteiger partial charge in [0, 0.05) is 6.61 Å². The molecule has 4 saturated carbocycles. The van der Waals surface area contributed by atoms with E-state index in [0.29, 0.717) is 5.41 Å². The lowest BCUT2D eigenvalue weighted by Crippen LogP contribution is -2.47. The van der Waals surface area contributed by atoms with Crippen molar-refractivity contribution in [3.8, 4) is 0 Å². The summed E-state index contributed by atoms with van der Waals surface area (Å²) in [4.78, 5) is 0. The molecule has 1 aromatic carbocycles. The number of rotatable bonds is 4. The first kappa shape index (κ1) is 19.9. The number of hydrogen-bond donors (Lipinski definition) is 0. The van der Waals surface area contributed by atoms with Gasteiger partial charge in [-0.25, -0.2) is 0 Å². The topological polar surface area (TPSA) is 9.23 Å². The van der Waals surface area contributed by atoms with Crippen LogP contribution in [0.1, 0.15) is 77.2 Å². The van der Waals surface area contributed by atoms with E-state index >= 15 is 0 Å². The lowest BCUT2D eigenvalue weighted by Gasteiger charge is -2.55. The second-order valence-corrected chi connectivity index (χ2v) is 10.9. The molecule has 4 fully saturated rings. The Balaban J connectivity index is 1.18. The molecule has 1 nitrogen and oxygen atoms in total. The van der Waals surface area contributed by atoms with E-state index in [0.717, 1.165) is 48.7 Å². The van der Waals surface area contributed by atoms with E-state index in [-0.39, 0.29) is 0 Å². The molecule has 5 rings (SSSR count). The van der Waals surface area contributed by atoms with Gasteiger partial charge in [0.1, 0.15) is 0 Å². The van der Waals surface area contributed by atoms with Crippen LogP contribution < -0.4 is 0 Å². The number of allylic oxidation sites excluding steroid dienone is 2. The van der Waals surface area contributed by atoms with Crippen molar-refractivity contribution in [2.75, 3.05) is 6.61 Å². The molecule has 0 bridgehead atoms. The highest BCUT2D eigenvalue weighted by molar-refractivity contribution is 5.23. The third kappa shape index (κ3) is 3.62. The molecule has 0 amide bonds. The van der Waals surface area contributed by atoms with Crippen molar-refractivity contribution in [1.29, 1.82) is 0 Å². The largest absolute Gasteiger partial charge is 0.376 e. The van der Waals surface area contributed by atoms with Crippen molar-refractivity contribution in [1.82, 2.24) is 0 Å². The minimum atomic E-state index is 0.547. The third-order valence-electron chi connectivity index (χ3n) is 9.72. The molecule has 1 aromatic rings. The Labute approximate surface area is 178 Å². The summed E-state index contributed by atoms with van der Waals surface area (Å²) >= 11 is 0. The molecule has 29 heavy (non-hydrogen) atoms. The van der Waals surface area contributed by atoms with Gasteiger partial charge in [0.05, 0.1) is 6.61 Å². The van der Waals surface area contributed by atoms with Crippen molar-refractivity contribution in [3.63, 3.8) is 0 Å². The Kier molecular flexibility index (Phi) is 5.63. The molecular weight excluding hydrogens is 352 g/mol. The molecule has 0 aromatic heterocycles. The Morgan fingerprint density at radius 3 is 2.62 bits per heavy atom. The Bertz CT molecular complexity index is 721. The van der Waals surface area contributed by atoms with Gasteiger partial charge >= 0.3 is 0 Å². The number of fused-ring (bicyclic) bond motifs is 5. The van der Waals surface area contributed by atoms with Crippen LogP contribution in [0.3, 0.4) is 0 Å². The smallest absolute Gasteiger partial charge is 0.0717 e. The Morgan fingerprint density at radius 1 is 0.966 bits per heavy atom. The van der Waals surface area contributed by atoms with Crippen LogP contribution in [0.5, 0.6) is 0 Å². The summed E-state index contributed by atoms with van der Waals surface area (Å²) in [7, 11) is 0. The van der Waals surface area contributed by atoms with E-state index < -0.39 is 0 Å². The zero-order valence-electron chi connectivity index (χ0n) is 18.6. The lowest BCUT2D eigenvalue weighted by molar-refractivity contribution is -0.0566. The molecule has 0 radical (unpaired) electrons. The van der Waals surface area contributed by atoms with Gasteiger partial charge in [-0.2, -0.15) is 0 Å². The van der Waals surface area contributed by atoms with E-state index in [2.05, 4.69) is 50.3 Å². The monoisotopic (exact) mass is 392 g/mol. The first-order valence-electron chi connectivity index (χ1n) is 12.5. The molecule has 4 aliphatic rings. The normalized spacial score (nSPS) is 42.9. The molecule has 0 saturated heterocycles. The zero-order valence-corrected chi connectivity index (χ0v) is 18.6. The maximum atomic E-state index is 6.13. The van der Waals surface area contributed by atoms with Gasteiger partial charge in [-0.3, -0.25) is 0 Å². The van der Waals surface area contributed by atoms with E-state index in [4.69, 9.17) is 4.74 Å². The van der Waals surface area contributed by atoms with Crippen molar-refractivity contribution in [2.24, 2.45) is 40.9 Å². The summed E-state index contributed by atoms with van der Waals surface area (Å²) < 4.78 is 6.13. The summed E-state index contributed by atoms with van der Waals surface area (Å²) in [5, 5.41) is 0. The highest BCUT2D eigenvalue weighted by Gasteiger charge is 2.55. The molecule has 0 N–H and O–H groups in total. The van der Waals surface area contributed by atoms with Crippen LogP contribution in [-0.4, -0.2) is 6.61 Å². The maximum Gasteiger partial charge on any atom is 0.0717 e. The summed E-state index contributed by atoms with van der Waals surface area (Å²) in [6.07, 6.45) is 15.6. The van der Waals surface area contributed by atoms with Crippen LogP contribution >= 0.6 is 0 Å². The van der Waals surface area contributed by atoms with Crippen molar-refractivity contribution in [3.05, 3.63) is 47.5 Å². The van der Waals surface area contributed by atoms with Crippen LogP contribution in [0.4, 0.5) is 0 Å². The van der Waals surface area contributed by atoms with Gasteiger partial charge in [0.25, 0.3) is 0 Å². The van der Waals surface area contributed by atoms with Crippen LogP contribution in [0.2, 0.25) is 0 Å². The van der Waals surface area contributed by atoms with E-state index in [1.807, 2.05) is 0 Å². The molecular formula is C28H40O. The minimum Gasteiger partial charge on any atom is -0.376 e. The van der Waals surface area contributed by atoms with Crippen LogP contribution in [0.25, 0.3) is 0 Å². The minimum absolute atomic E-state index is 0.547. The lowest BCUT2D eigenvalue weighted by atomic mass is 9.50. The van der Waals surface area contributed by atoms with Gasteiger partial charge < -0.3 is 4.74 Å². The number of ether oxygens (including phenoxy) is 1. The third-order valence-corrected chi connectivity index (χ3v) is 9.72. The standard InChI is InChI=1S/C28H40O/c1-3-23-11-14-27-26-13-10-22-17-21(19-29-18-20-7-5-4-6-8-20)9-12-24(22)25(26)15-16-28(23,27)2/h3-8,21-22,24-27H,9-19H2,1-2H3/b23-3-. The molecule has 7 unspecified atom stereocenters. The van der Waals surface area contributed by atoms with Crippen LogP contribution in [0.15, 0.2) is 42.0 Å². The fraction of sp³-hybridized carbons (Fsp3) is 0.714. The first-order valence-corrected chi connectivity index (χ1v) is 12.5. The van der Waals surface area contributed by atoms with Gasteiger partial charge in [-0.1, -0.05) is 48.9 Å². The van der Waals surface area contributed by atoms with Gasteiger partial charge in [-0.05, 0) is 111 Å². The van der Waals surface area contributed by atoms with Crippen LogP contribution in [-0.2, 0) is 11.3 Å². The number of hydrogen-bond acceptors (Lipinski definition) is 1. The van der Waals surface area contributed by atoms with Gasteiger partial charge in [0.2, 0.25) is 0 Å². The number of benzene rings is 1. The van der Waals surface area contributed by atoms with Crippen molar-refractivity contribution in [2.45, 2.75) is 78.2 Å². The molecule has 1 heteroatoms. The molecule has 158 valence electrons. The zero-order chi connectivity index (χ0) is 19.8. The summed E-state index contributed by atoms with van der Waals surface area (Å²) in [6.45, 7) is 6.65. The predicted molar refractivity (Wildman–Crippen MR) is 120 cm³/mol. The second kappa shape index (κ2) is 8.22. The predicted octanol–water partition coefficient (Wildman–Crippen LogP) is 7.42. The van der Waals surface area contributed by atoms with Crippen LogP contribution in [0, 0.1) is 40.9 Å². The quantitative estimate of drug-likeness (QED) is 0.484. The fourth-order valence-corrected chi connectivity index (χ4v) is 8.34. The molecule has 0 aliphatic heterocycles. The Morgan fingerprint density at radius 2 is 1.79 bits per heavy atom. The van der Waals surface area contributed by atoms with E-state index in [1.165, 1.54) is 63.4 Å². The summed E-state index contributed by atoms with van der Waals surface area (Å²) in [6, 6.07) is 10.7. The van der Waals surface area contributed by atoms with E-state index in [9.17, 15) is 0 Å². The first-order chi connectivity index (χ1) is 14.2. The highest BCUT2D eigenvalue weighted by atomic mass is 16.5. The van der Waals surface area contributed by atoms with Crippen molar-refractivity contribution >= 4 is 0 Å². The van der Waals surface area contributed by atoms with Crippen molar-refractivity contribution < 1.29 is 4.74 Å². The van der Waals surface area contributed by atoms with Gasteiger partial charge in [0.15, 0.2) is 0 Å². The maximum absolute atomic E-state index is 6.13. The van der Waals surface area contributed by atoms with Gasteiger partial charge in [-0.15, -0.1) is 0 Å².